The fourth-order valence-electron chi connectivity index (χ4n) is 3.84. The van der Waals surface area contributed by atoms with Crippen LogP contribution in [0.4, 0.5) is 5.95 Å². The third kappa shape index (κ3) is 4.23. The number of nitrogens with zero attached hydrogens (tertiary/aromatic N) is 6. The number of anilines is 1. The predicted octanol–water partition coefficient (Wildman–Crippen LogP) is 3.46. The monoisotopic (exact) mass is 436 g/mol. The van der Waals surface area contributed by atoms with Crippen LogP contribution in [0.25, 0.3) is 5.65 Å². The smallest absolute Gasteiger partial charge is 0.258 e. The molecule has 0 aromatic carbocycles. The van der Waals surface area contributed by atoms with Gasteiger partial charge in [-0.25, -0.2) is 4.98 Å². The van der Waals surface area contributed by atoms with Gasteiger partial charge in [0, 0.05) is 31.1 Å². The summed E-state index contributed by atoms with van der Waals surface area (Å²) in [6.45, 7) is 4.82. The van der Waals surface area contributed by atoms with E-state index in [1.54, 1.807) is 22.9 Å². The van der Waals surface area contributed by atoms with Gasteiger partial charge in [0.2, 0.25) is 5.95 Å². The summed E-state index contributed by atoms with van der Waals surface area (Å²) in [4.78, 5) is 19.3. The second-order valence-electron chi connectivity index (χ2n) is 7.92. The molecule has 8 nitrogen and oxygen atoms in total. The highest BCUT2D eigenvalue weighted by Gasteiger charge is 2.23. The van der Waals surface area contributed by atoms with Crippen molar-refractivity contribution in [3.8, 4) is 0 Å². The Morgan fingerprint density at radius 1 is 1.16 bits per heavy atom. The molecule has 0 unspecified atom stereocenters. The average Bonchev–Trinajstić information content (AvgIpc) is 3.44. The maximum absolute atomic E-state index is 12.4. The summed E-state index contributed by atoms with van der Waals surface area (Å²) in [5.74, 6) is 3.01. The fourth-order valence-corrected chi connectivity index (χ4v) is 4.67. The SMILES string of the molecule is CC1CCN(c2nnc(SCc3cc(=O)n4ccccc4n3)n2Cc2ccco2)CC1. The van der Waals surface area contributed by atoms with Crippen LogP contribution in [0.5, 0.6) is 0 Å². The molecule has 160 valence electrons. The van der Waals surface area contributed by atoms with Gasteiger partial charge in [-0.3, -0.25) is 13.8 Å². The second-order valence-corrected chi connectivity index (χ2v) is 8.86. The lowest BCUT2D eigenvalue weighted by Gasteiger charge is -2.31. The number of hydrogen-bond acceptors (Lipinski definition) is 7. The standard InChI is InChI=1S/C22H24N6O2S/c1-16-7-10-26(11-8-16)21-24-25-22(28(21)14-18-5-4-12-30-18)31-15-17-13-20(29)27-9-3-2-6-19(27)23-17/h2-6,9,12-13,16H,7-8,10-11,14-15H2,1H3. The molecule has 9 heteroatoms. The lowest BCUT2D eigenvalue weighted by atomic mass is 10.00. The van der Waals surface area contributed by atoms with Gasteiger partial charge in [-0.05, 0) is 43.0 Å². The Hall–Kier alpha value is -3.07. The van der Waals surface area contributed by atoms with Crippen molar-refractivity contribution in [1.29, 1.82) is 0 Å². The predicted molar refractivity (Wildman–Crippen MR) is 119 cm³/mol. The molecule has 0 spiro atoms. The Morgan fingerprint density at radius 2 is 2.03 bits per heavy atom. The van der Waals surface area contributed by atoms with Crippen LogP contribution in [-0.4, -0.2) is 37.2 Å². The molecular weight excluding hydrogens is 412 g/mol. The Kier molecular flexibility index (Phi) is 5.50. The number of thioether (sulfide) groups is 1. The van der Waals surface area contributed by atoms with Crippen LogP contribution in [0.15, 0.2) is 63.2 Å². The number of piperidine rings is 1. The summed E-state index contributed by atoms with van der Waals surface area (Å²) >= 11 is 1.54. The largest absolute Gasteiger partial charge is 0.467 e. The summed E-state index contributed by atoms with van der Waals surface area (Å²) in [5.41, 5.74) is 1.29. The van der Waals surface area contributed by atoms with Gasteiger partial charge >= 0.3 is 0 Å². The van der Waals surface area contributed by atoms with Crippen molar-refractivity contribution in [3.05, 3.63) is 70.7 Å². The zero-order valence-electron chi connectivity index (χ0n) is 17.3. The van der Waals surface area contributed by atoms with Crippen LogP contribution in [-0.2, 0) is 12.3 Å². The Labute approximate surface area is 183 Å². The third-order valence-corrected chi connectivity index (χ3v) is 6.63. The van der Waals surface area contributed by atoms with Gasteiger partial charge in [-0.15, -0.1) is 10.2 Å². The molecule has 0 amide bonds. The normalized spacial score (nSPS) is 15.1. The maximum Gasteiger partial charge on any atom is 0.258 e. The maximum atomic E-state index is 12.4. The molecule has 4 aromatic heterocycles. The van der Waals surface area contributed by atoms with E-state index in [2.05, 4.69) is 31.6 Å². The number of pyridine rings is 1. The first-order valence-corrected chi connectivity index (χ1v) is 11.5. The zero-order chi connectivity index (χ0) is 21.2. The Morgan fingerprint density at radius 3 is 2.84 bits per heavy atom. The molecule has 31 heavy (non-hydrogen) atoms. The molecule has 0 saturated carbocycles. The van der Waals surface area contributed by atoms with Gasteiger partial charge in [0.05, 0.1) is 18.5 Å². The fraction of sp³-hybridized carbons (Fsp3) is 0.364. The molecule has 5 heterocycles. The Bertz CT molecular complexity index is 1220. The van der Waals surface area contributed by atoms with E-state index in [9.17, 15) is 4.79 Å². The van der Waals surface area contributed by atoms with Crippen LogP contribution in [0, 0.1) is 5.92 Å². The van der Waals surface area contributed by atoms with Crippen molar-refractivity contribution < 1.29 is 4.42 Å². The van der Waals surface area contributed by atoms with Crippen molar-refractivity contribution in [2.24, 2.45) is 5.92 Å². The minimum atomic E-state index is -0.0821. The van der Waals surface area contributed by atoms with E-state index < -0.39 is 0 Å². The van der Waals surface area contributed by atoms with E-state index in [1.807, 2.05) is 30.3 Å². The zero-order valence-corrected chi connectivity index (χ0v) is 18.2. The number of fused-ring (bicyclic) bond motifs is 1. The van der Waals surface area contributed by atoms with Gasteiger partial charge in [-0.1, -0.05) is 24.8 Å². The molecule has 0 atom stereocenters. The summed E-state index contributed by atoms with van der Waals surface area (Å²) in [6, 6.07) is 11.0. The van der Waals surface area contributed by atoms with Crippen molar-refractivity contribution in [1.82, 2.24) is 24.1 Å². The molecule has 1 saturated heterocycles. The molecule has 0 N–H and O–H groups in total. The van der Waals surface area contributed by atoms with Crippen LogP contribution >= 0.6 is 11.8 Å². The van der Waals surface area contributed by atoms with Crippen LogP contribution in [0.3, 0.4) is 0 Å². The number of aromatic nitrogens is 5. The van der Waals surface area contributed by atoms with E-state index >= 15 is 0 Å². The van der Waals surface area contributed by atoms with Gasteiger partial charge in [0.15, 0.2) is 5.16 Å². The van der Waals surface area contributed by atoms with Gasteiger partial charge in [-0.2, -0.15) is 0 Å². The summed E-state index contributed by atoms with van der Waals surface area (Å²) in [7, 11) is 0. The van der Waals surface area contributed by atoms with Gasteiger partial charge in [0.25, 0.3) is 5.56 Å². The molecule has 0 radical (unpaired) electrons. The van der Waals surface area contributed by atoms with Crippen LogP contribution in [0.1, 0.15) is 31.2 Å². The molecule has 5 rings (SSSR count). The molecule has 1 fully saturated rings. The van der Waals surface area contributed by atoms with E-state index in [0.717, 1.165) is 54.4 Å². The highest BCUT2D eigenvalue weighted by atomic mass is 32.2. The molecular formula is C22H24N6O2S. The Balaban J connectivity index is 1.41. The van der Waals surface area contributed by atoms with E-state index in [0.29, 0.717) is 17.9 Å². The lowest BCUT2D eigenvalue weighted by Crippen LogP contribution is -2.35. The van der Waals surface area contributed by atoms with Gasteiger partial charge < -0.3 is 9.32 Å². The van der Waals surface area contributed by atoms with E-state index in [4.69, 9.17) is 4.42 Å². The lowest BCUT2D eigenvalue weighted by molar-refractivity contribution is 0.427. The highest BCUT2D eigenvalue weighted by Crippen LogP contribution is 2.28. The minimum Gasteiger partial charge on any atom is -0.467 e. The number of rotatable bonds is 6. The van der Waals surface area contributed by atoms with E-state index in [-0.39, 0.29) is 5.56 Å². The molecule has 1 aliphatic heterocycles. The average molecular weight is 437 g/mol. The first-order chi connectivity index (χ1) is 15.2. The van der Waals surface area contributed by atoms with E-state index in [1.165, 1.54) is 11.8 Å². The van der Waals surface area contributed by atoms with Crippen molar-refractivity contribution in [2.45, 2.75) is 37.2 Å². The van der Waals surface area contributed by atoms with Crippen molar-refractivity contribution in [2.75, 3.05) is 18.0 Å². The first kappa shape index (κ1) is 19.9. The quantitative estimate of drug-likeness (QED) is 0.428. The summed E-state index contributed by atoms with van der Waals surface area (Å²) < 4.78 is 9.24. The summed E-state index contributed by atoms with van der Waals surface area (Å²) in [6.07, 6.45) is 5.72. The second kappa shape index (κ2) is 8.58. The molecule has 4 aromatic rings. The third-order valence-electron chi connectivity index (χ3n) is 5.63. The van der Waals surface area contributed by atoms with Crippen molar-refractivity contribution >= 4 is 23.4 Å². The first-order valence-electron chi connectivity index (χ1n) is 10.5. The molecule has 0 aliphatic carbocycles. The molecule has 0 bridgehead atoms. The highest BCUT2D eigenvalue weighted by molar-refractivity contribution is 7.98. The topological polar surface area (TPSA) is 81.5 Å². The molecule has 1 aliphatic rings. The number of furan rings is 1. The van der Waals surface area contributed by atoms with Gasteiger partial charge in [0.1, 0.15) is 11.4 Å². The van der Waals surface area contributed by atoms with Crippen LogP contribution in [0.2, 0.25) is 0 Å². The summed E-state index contributed by atoms with van der Waals surface area (Å²) in [5, 5.41) is 9.78. The number of hydrogen-bond donors (Lipinski definition) is 0. The van der Waals surface area contributed by atoms with Crippen molar-refractivity contribution in [3.63, 3.8) is 0 Å². The van der Waals surface area contributed by atoms with Crippen LogP contribution < -0.4 is 10.5 Å². The minimum absolute atomic E-state index is 0.0821.